The summed E-state index contributed by atoms with van der Waals surface area (Å²) in [6, 6.07) is 58.9. The van der Waals surface area contributed by atoms with Gasteiger partial charge in [-0.1, -0.05) is 227 Å². The maximum absolute atomic E-state index is 8.49. The third-order valence-corrected chi connectivity index (χ3v) is 20.6. The topological polar surface area (TPSA) is 213 Å². The Balaban J connectivity index is 0.000000793. The van der Waals surface area contributed by atoms with Gasteiger partial charge >= 0.3 is 0 Å². The number of aromatic nitrogens is 4. The first kappa shape index (κ1) is 122. The molecule has 4 radical (unpaired) electrons. The van der Waals surface area contributed by atoms with Crippen LogP contribution in [0.15, 0.2) is 193 Å². The van der Waals surface area contributed by atoms with Crippen LogP contribution in [0.1, 0.15) is 279 Å². The van der Waals surface area contributed by atoms with E-state index in [0.29, 0.717) is 47.3 Å². The number of aryl methyl sites for hydroxylation is 8. The van der Waals surface area contributed by atoms with Gasteiger partial charge in [-0.15, -0.1) is 140 Å². The number of hydrogen-bond acceptors (Lipinski definition) is 12. The molecule has 12 aromatic rings. The van der Waals surface area contributed by atoms with Crippen LogP contribution in [0.2, 0.25) is 0 Å². The summed E-state index contributed by atoms with van der Waals surface area (Å²) in [5.41, 5.74) is 29.5. The van der Waals surface area contributed by atoms with Crippen molar-refractivity contribution in [2.45, 2.75) is 295 Å². The zero-order chi connectivity index (χ0) is 96.0. The molecule has 8 aromatic carbocycles. The van der Waals surface area contributed by atoms with E-state index >= 15 is 0 Å². The SMILES string of the molecule is CC(O)=CC(C)O.CC(O)=CC(C)O.CC(O)=CC(C)O.CC(O)=CC(C)O.Cc1[c-]c(-c2ncc(C(C)C)c3ccc(C(C)C)cc23)cc(C)c1.Cc1[c-]c(-c2ncc(CC(C)C)c3ccc(CC(C)C)cc23)cc(C)c1.Cc1[c-]c(-c2nccc3cc(C(C)C)c(C(C)C)cc23)cc(C)c1.Cc1[c-]c(-c2nccc3cc(CC(C)C)c(CC(C)C)cc23)cc(C)c1.[Ir].[Ir].[Ir].[Ir]. The van der Waals surface area contributed by atoms with Crippen molar-refractivity contribution in [2.75, 3.05) is 0 Å². The molecule has 4 unspecified atom stereocenters. The Bertz CT molecular complexity index is 5550. The second-order valence-corrected chi connectivity index (χ2v) is 38.0. The van der Waals surface area contributed by atoms with Crippen molar-refractivity contribution in [3.05, 3.63) is 307 Å². The monoisotopic (exact) mass is 2500 g/mol. The molecule has 4 heterocycles. The van der Waals surface area contributed by atoms with Crippen LogP contribution in [0, 0.1) is 103 Å². The van der Waals surface area contributed by atoms with Crippen molar-refractivity contribution in [1.82, 2.24) is 19.9 Å². The summed E-state index contributed by atoms with van der Waals surface area (Å²) in [7, 11) is 0. The van der Waals surface area contributed by atoms with Crippen LogP contribution in [-0.4, -0.2) is 85.2 Å². The van der Waals surface area contributed by atoms with Gasteiger partial charge in [-0.2, -0.15) is 0 Å². The largest absolute Gasteiger partial charge is 0.513 e. The Hall–Kier alpha value is -8.00. The van der Waals surface area contributed by atoms with Crippen LogP contribution < -0.4 is 0 Å². The van der Waals surface area contributed by atoms with Gasteiger partial charge in [0.15, 0.2) is 0 Å². The van der Waals surface area contributed by atoms with E-state index in [-0.39, 0.29) is 103 Å². The third-order valence-electron chi connectivity index (χ3n) is 20.6. The molecule has 0 fully saturated rings. The fourth-order valence-corrected chi connectivity index (χ4v) is 15.8. The molecule has 12 rings (SSSR count). The molecule has 0 saturated heterocycles. The van der Waals surface area contributed by atoms with Gasteiger partial charge in [0, 0.05) is 105 Å². The number of nitrogens with zero attached hydrogens (tertiary/aromatic N) is 4. The second kappa shape index (κ2) is 59.1. The molecule has 12 nitrogen and oxygen atoms in total. The Morgan fingerprint density at radius 1 is 0.288 bits per heavy atom. The molecule has 0 aliphatic carbocycles. The third kappa shape index (κ3) is 41.3. The fourth-order valence-electron chi connectivity index (χ4n) is 15.8. The predicted molar refractivity (Wildman–Crippen MR) is 545 cm³/mol. The number of allylic oxidation sites excluding steroid dienone is 4. The number of pyridine rings is 4. The summed E-state index contributed by atoms with van der Waals surface area (Å²) in [5.74, 6) is 5.22. The molecule has 0 spiro atoms. The van der Waals surface area contributed by atoms with Gasteiger partial charge in [-0.25, -0.2) is 0 Å². The van der Waals surface area contributed by atoms with Crippen molar-refractivity contribution in [1.29, 1.82) is 0 Å². The van der Waals surface area contributed by atoms with Crippen molar-refractivity contribution >= 4 is 43.1 Å². The average molecular weight is 2500 g/mol. The van der Waals surface area contributed by atoms with Gasteiger partial charge in [-0.05, 0) is 275 Å². The molecule has 0 saturated carbocycles. The van der Waals surface area contributed by atoms with E-state index in [0.717, 1.165) is 87.4 Å². The summed E-state index contributed by atoms with van der Waals surface area (Å²) in [6.07, 6.45) is 15.7. The van der Waals surface area contributed by atoms with Crippen molar-refractivity contribution in [3.8, 4) is 45.0 Å². The van der Waals surface area contributed by atoms with Crippen LogP contribution in [-0.2, 0) is 106 Å². The molecule has 724 valence electrons. The number of benzene rings is 8. The summed E-state index contributed by atoms with van der Waals surface area (Å²) in [4.78, 5) is 19.2. The number of aliphatic hydroxyl groups excluding tert-OH is 8. The zero-order valence-electron chi connectivity index (χ0n) is 84.6. The van der Waals surface area contributed by atoms with Gasteiger partial charge in [0.2, 0.25) is 0 Å². The minimum absolute atomic E-state index is 0. The van der Waals surface area contributed by atoms with E-state index < -0.39 is 24.4 Å². The van der Waals surface area contributed by atoms with E-state index in [2.05, 4.69) is 318 Å². The Morgan fingerprint density at radius 2 is 0.598 bits per heavy atom. The summed E-state index contributed by atoms with van der Waals surface area (Å²) >= 11 is 0. The van der Waals surface area contributed by atoms with E-state index in [1.807, 2.05) is 18.6 Å². The van der Waals surface area contributed by atoms with Crippen molar-refractivity contribution in [3.63, 3.8) is 0 Å². The van der Waals surface area contributed by atoms with E-state index in [1.54, 1.807) is 27.7 Å². The first-order chi connectivity index (χ1) is 59.9. The Kier molecular flexibility index (Phi) is 54.6. The molecule has 4 atom stereocenters. The molecular formula is C116H152Ir4N4O8-4. The average Bonchev–Trinajstić information content (AvgIpc) is 0.785. The van der Waals surface area contributed by atoms with Crippen LogP contribution >= 0.6 is 0 Å². The molecule has 4 aromatic heterocycles. The van der Waals surface area contributed by atoms with Crippen LogP contribution in [0.25, 0.3) is 88.1 Å². The first-order valence-electron chi connectivity index (χ1n) is 45.8. The predicted octanol–water partition coefficient (Wildman–Crippen LogP) is 29.9. The van der Waals surface area contributed by atoms with E-state index in [1.165, 1.54) is 167 Å². The summed E-state index contributed by atoms with van der Waals surface area (Å²) in [6.45, 7) is 65.7. The van der Waals surface area contributed by atoms with Gasteiger partial charge < -0.3 is 60.8 Å². The van der Waals surface area contributed by atoms with Gasteiger partial charge in [0.25, 0.3) is 0 Å². The number of hydrogen-bond donors (Lipinski definition) is 8. The summed E-state index contributed by atoms with van der Waals surface area (Å²) < 4.78 is 0. The molecular weight excluding hydrogens is 2350 g/mol. The zero-order valence-corrected chi connectivity index (χ0v) is 94.2. The Morgan fingerprint density at radius 3 is 0.924 bits per heavy atom. The van der Waals surface area contributed by atoms with Gasteiger partial charge in [-0.3, -0.25) is 0 Å². The molecule has 8 N–H and O–H groups in total. The Labute approximate surface area is 847 Å². The molecule has 0 bridgehead atoms. The fraction of sp³-hybridized carbons (Fsp3) is 0.414. The minimum atomic E-state index is -0.537. The number of rotatable bonds is 20. The number of fused-ring (bicyclic) bond motifs is 4. The van der Waals surface area contributed by atoms with E-state index in [9.17, 15) is 0 Å². The van der Waals surface area contributed by atoms with Crippen LogP contribution in [0.4, 0.5) is 0 Å². The summed E-state index contributed by atoms with van der Waals surface area (Å²) in [5, 5.41) is 77.8. The molecule has 132 heavy (non-hydrogen) atoms. The first-order valence-corrected chi connectivity index (χ1v) is 45.8. The van der Waals surface area contributed by atoms with Gasteiger partial charge in [0.05, 0.1) is 47.5 Å². The quantitative estimate of drug-likeness (QED) is 0.0264. The molecule has 0 amide bonds. The van der Waals surface area contributed by atoms with Crippen molar-refractivity contribution < 1.29 is 121 Å². The minimum Gasteiger partial charge on any atom is -0.513 e. The van der Waals surface area contributed by atoms with E-state index in [4.69, 9.17) is 60.8 Å². The smallest absolute Gasteiger partial charge is 0.0877 e. The maximum Gasteiger partial charge on any atom is 0.0877 e. The maximum atomic E-state index is 8.49. The normalized spacial score (nSPS) is 12.4. The standard InChI is InChI=1S/2C25H30N.2C23H26N.4C5H10O2.4Ir/c1-16(2)9-21-14-20-7-8-26-25(23-12-18(5)11-19(6)13-23)24(20)15-22(21)10-17(3)4;1-16(2)9-20-7-8-23-22(10-17(3)4)15-26-25(24(23)14-20)21-12-18(5)11-19(6)13-21;1-14(2)20-12-18-7-8-24-23(22(18)13-21(20)15(3)4)19-10-16(5)9-17(6)11-19;1-14(2)18-7-8-20-21(12-18)23(24-13-22(20)15(3)4)19-10-16(5)9-17(6)11-19;4*1-4(6)3-5(2)7;;;;/h2*7-8,11-12,14-17H,9-10H2,1-6H3;2*7-10,12-15H,1-6H3;4*3-4,6-7H,1-2H3;;;;/q4*-1;;;;;;;;. The van der Waals surface area contributed by atoms with Crippen LogP contribution in [0.5, 0.6) is 0 Å². The van der Waals surface area contributed by atoms with Gasteiger partial charge in [0.1, 0.15) is 0 Å². The molecule has 0 aliphatic heterocycles. The molecule has 16 heteroatoms. The molecule has 0 aliphatic rings. The second-order valence-electron chi connectivity index (χ2n) is 38.0. The van der Waals surface area contributed by atoms with Crippen LogP contribution in [0.3, 0.4) is 0 Å². The number of aliphatic hydroxyl groups is 8. The van der Waals surface area contributed by atoms with Crippen molar-refractivity contribution in [2.24, 2.45) is 23.7 Å².